The lowest BCUT2D eigenvalue weighted by Crippen LogP contribution is -2.44. The average molecular weight is 482 g/mol. The summed E-state index contributed by atoms with van der Waals surface area (Å²) in [4.78, 5) is 26.4. The van der Waals surface area contributed by atoms with Crippen LogP contribution in [0.4, 0.5) is 13.6 Å². The molecular formula is C24H26ClF2NO5. The second-order valence-electron chi connectivity index (χ2n) is 8.53. The van der Waals surface area contributed by atoms with Gasteiger partial charge in [-0.1, -0.05) is 17.7 Å². The fourth-order valence-corrected chi connectivity index (χ4v) is 3.88. The first kappa shape index (κ1) is 24.8. The zero-order valence-corrected chi connectivity index (χ0v) is 19.7. The van der Waals surface area contributed by atoms with Crippen molar-refractivity contribution < 1.29 is 32.6 Å². The van der Waals surface area contributed by atoms with Gasteiger partial charge in [0.2, 0.25) is 0 Å². The average Bonchev–Trinajstić information content (AvgIpc) is 2.73. The highest BCUT2D eigenvalue weighted by Crippen LogP contribution is 2.42. The Labute approximate surface area is 196 Å². The number of amides is 1. The van der Waals surface area contributed by atoms with E-state index >= 15 is 0 Å². The largest absolute Gasteiger partial charge is 0.482 e. The van der Waals surface area contributed by atoms with Crippen molar-refractivity contribution >= 4 is 23.7 Å². The van der Waals surface area contributed by atoms with E-state index in [1.807, 2.05) is 0 Å². The highest BCUT2D eigenvalue weighted by molar-refractivity contribution is 6.30. The molecule has 178 valence electrons. The van der Waals surface area contributed by atoms with Crippen molar-refractivity contribution in [1.29, 1.82) is 0 Å². The number of fused-ring (bicyclic) bond motifs is 1. The van der Waals surface area contributed by atoms with Gasteiger partial charge in [0.25, 0.3) is 0 Å². The summed E-state index contributed by atoms with van der Waals surface area (Å²) in [5.74, 6) is -2.25. The topological polar surface area (TPSA) is 65.1 Å². The maximum Gasteiger partial charge on any atom is 0.411 e. The summed E-state index contributed by atoms with van der Waals surface area (Å²) in [5.41, 5.74) is 0.183. The van der Waals surface area contributed by atoms with E-state index in [4.69, 9.17) is 25.8 Å². The number of carbonyl (C=O) groups is 2. The quantitative estimate of drug-likeness (QED) is 0.532. The molecule has 9 heteroatoms. The van der Waals surface area contributed by atoms with Gasteiger partial charge >= 0.3 is 12.1 Å². The van der Waals surface area contributed by atoms with Crippen molar-refractivity contribution in [2.75, 3.05) is 19.8 Å². The predicted molar refractivity (Wildman–Crippen MR) is 118 cm³/mol. The van der Waals surface area contributed by atoms with E-state index < -0.39 is 35.3 Å². The molecular weight excluding hydrogens is 456 g/mol. The minimum Gasteiger partial charge on any atom is -0.482 e. The zero-order chi connectivity index (χ0) is 24.3. The summed E-state index contributed by atoms with van der Waals surface area (Å²) in [6, 6.07) is 6.26. The Morgan fingerprint density at radius 2 is 1.88 bits per heavy atom. The van der Waals surface area contributed by atoms with Crippen molar-refractivity contribution in [2.45, 2.75) is 45.8 Å². The molecule has 1 aliphatic rings. The van der Waals surface area contributed by atoms with Crippen LogP contribution in [0.1, 0.15) is 50.4 Å². The maximum absolute atomic E-state index is 14.7. The molecule has 2 aromatic carbocycles. The second kappa shape index (κ2) is 9.95. The Hall–Kier alpha value is -2.87. The molecule has 0 fully saturated rings. The van der Waals surface area contributed by atoms with E-state index in [1.54, 1.807) is 45.9 Å². The number of carbonyl (C=O) groups excluding carboxylic acids is 2. The van der Waals surface area contributed by atoms with Crippen LogP contribution in [0, 0.1) is 11.6 Å². The van der Waals surface area contributed by atoms with E-state index in [1.165, 1.54) is 11.0 Å². The molecule has 0 saturated heterocycles. The highest BCUT2D eigenvalue weighted by atomic mass is 35.5. The monoisotopic (exact) mass is 481 g/mol. The Bertz CT molecular complexity index is 1050. The van der Waals surface area contributed by atoms with Gasteiger partial charge in [-0.15, -0.1) is 0 Å². The fourth-order valence-electron chi connectivity index (χ4n) is 3.70. The van der Waals surface area contributed by atoms with E-state index in [9.17, 15) is 18.4 Å². The van der Waals surface area contributed by atoms with Crippen molar-refractivity contribution in [2.24, 2.45) is 0 Å². The molecule has 1 unspecified atom stereocenters. The molecule has 2 aromatic rings. The number of halogens is 3. The van der Waals surface area contributed by atoms with Gasteiger partial charge in [0, 0.05) is 17.1 Å². The summed E-state index contributed by atoms with van der Waals surface area (Å²) in [5, 5.41) is 0.340. The Kier molecular flexibility index (Phi) is 7.47. The van der Waals surface area contributed by atoms with Crippen molar-refractivity contribution in [3.05, 3.63) is 63.7 Å². The van der Waals surface area contributed by atoms with Gasteiger partial charge in [-0.2, -0.15) is 0 Å². The summed E-state index contributed by atoms with van der Waals surface area (Å²) in [6.45, 7) is 6.79. The van der Waals surface area contributed by atoms with Gasteiger partial charge in [0.1, 0.15) is 11.4 Å². The standard InChI is InChI=1S/C24H26ClF2NO5/c1-5-31-20(29)13-32-19-9-6-14(25)12-17(19)22-16-7-8-18(26)21(27)15(16)10-11-28(22)23(30)33-24(2,3)4/h6-9,12,22H,5,10-11,13H2,1-4H3. The van der Waals surface area contributed by atoms with Gasteiger partial charge in [0.05, 0.1) is 12.6 Å². The number of hydrogen-bond acceptors (Lipinski definition) is 5. The van der Waals surface area contributed by atoms with Crippen LogP contribution in [0.25, 0.3) is 0 Å². The van der Waals surface area contributed by atoms with E-state index in [-0.39, 0.29) is 37.5 Å². The first-order chi connectivity index (χ1) is 15.5. The van der Waals surface area contributed by atoms with Crippen LogP contribution >= 0.6 is 11.6 Å². The third kappa shape index (κ3) is 5.74. The number of ether oxygens (including phenoxy) is 3. The smallest absolute Gasteiger partial charge is 0.411 e. The molecule has 1 amide bonds. The molecule has 0 N–H and O–H groups in total. The van der Waals surface area contributed by atoms with E-state index in [0.717, 1.165) is 6.07 Å². The molecule has 3 rings (SSSR count). The fraction of sp³-hybridized carbons (Fsp3) is 0.417. The molecule has 6 nitrogen and oxygen atoms in total. The van der Waals surface area contributed by atoms with Crippen LogP contribution < -0.4 is 4.74 Å². The molecule has 1 heterocycles. The molecule has 0 aliphatic carbocycles. The number of nitrogens with zero attached hydrogens (tertiary/aromatic N) is 1. The molecule has 0 saturated carbocycles. The summed E-state index contributed by atoms with van der Waals surface area (Å²) < 4.78 is 44.8. The van der Waals surface area contributed by atoms with Crippen LogP contribution in [0.15, 0.2) is 30.3 Å². The van der Waals surface area contributed by atoms with Crippen molar-refractivity contribution in [3.8, 4) is 5.75 Å². The second-order valence-corrected chi connectivity index (χ2v) is 8.97. The lowest BCUT2D eigenvalue weighted by molar-refractivity contribution is -0.145. The molecule has 1 atom stereocenters. The third-order valence-corrected chi connectivity index (χ3v) is 5.22. The highest BCUT2D eigenvalue weighted by Gasteiger charge is 2.38. The normalized spacial score (nSPS) is 15.6. The van der Waals surface area contributed by atoms with Crippen LogP contribution in [0.2, 0.25) is 5.02 Å². The van der Waals surface area contributed by atoms with Gasteiger partial charge < -0.3 is 14.2 Å². The van der Waals surface area contributed by atoms with E-state index in [0.29, 0.717) is 16.1 Å². The minimum atomic E-state index is -0.969. The van der Waals surface area contributed by atoms with Crippen LogP contribution in [-0.2, 0) is 20.7 Å². The number of rotatable bonds is 5. The Morgan fingerprint density at radius 3 is 2.55 bits per heavy atom. The van der Waals surface area contributed by atoms with Gasteiger partial charge in [-0.3, -0.25) is 4.90 Å². The first-order valence-corrected chi connectivity index (χ1v) is 10.9. The Morgan fingerprint density at radius 1 is 1.15 bits per heavy atom. The number of benzene rings is 2. The van der Waals surface area contributed by atoms with Crippen molar-refractivity contribution in [1.82, 2.24) is 4.90 Å². The molecule has 0 aromatic heterocycles. The molecule has 0 radical (unpaired) electrons. The number of esters is 1. The first-order valence-electron chi connectivity index (χ1n) is 10.6. The SMILES string of the molecule is CCOC(=O)COc1ccc(Cl)cc1C1c2ccc(F)c(F)c2CCN1C(=O)OC(C)(C)C. The summed E-state index contributed by atoms with van der Waals surface area (Å²) >= 11 is 6.25. The summed E-state index contributed by atoms with van der Waals surface area (Å²) in [6.07, 6.45) is -0.520. The van der Waals surface area contributed by atoms with Crippen molar-refractivity contribution in [3.63, 3.8) is 0 Å². The molecule has 1 aliphatic heterocycles. The predicted octanol–water partition coefficient (Wildman–Crippen LogP) is 5.44. The van der Waals surface area contributed by atoms with Crippen LogP contribution in [0.3, 0.4) is 0 Å². The van der Waals surface area contributed by atoms with Crippen LogP contribution in [-0.4, -0.2) is 42.3 Å². The maximum atomic E-state index is 14.7. The minimum absolute atomic E-state index is 0.0801. The zero-order valence-electron chi connectivity index (χ0n) is 18.9. The van der Waals surface area contributed by atoms with Gasteiger partial charge in [0.15, 0.2) is 18.2 Å². The lowest BCUT2D eigenvalue weighted by Gasteiger charge is -2.39. The van der Waals surface area contributed by atoms with Gasteiger partial charge in [-0.25, -0.2) is 18.4 Å². The Balaban J connectivity index is 2.11. The third-order valence-electron chi connectivity index (χ3n) is 4.99. The molecule has 0 bridgehead atoms. The summed E-state index contributed by atoms with van der Waals surface area (Å²) in [7, 11) is 0. The molecule has 0 spiro atoms. The number of hydrogen-bond donors (Lipinski definition) is 0. The van der Waals surface area contributed by atoms with Crippen LogP contribution in [0.5, 0.6) is 5.75 Å². The lowest BCUT2D eigenvalue weighted by atomic mass is 9.87. The molecule has 33 heavy (non-hydrogen) atoms. The van der Waals surface area contributed by atoms with Gasteiger partial charge in [-0.05, 0) is 69.5 Å². The van der Waals surface area contributed by atoms with E-state index in [2.05, 4.69) is 0 Å².